The molecular weight excluding hydrogens is 223 g/mol. The molecular formula is C12H13FN2O2. The Bertz CT molecular complexity index is 511. The molecule has 0 bridgehead atoms. The first kappa shape index (κ1) is 11.6. The summed E-state index contributed by atoms with van der Waals surface area (Å²) >= 11 is 0. The minimum Gasteiger partial charge on any atom is -0.486 e. The number of hydrogen-bond donors (Lipinski definition) is 1. The van der Waals surface area contributed by atoms with E-state index < -0.39 is 0 Å². The molecule has 1 heterocycles. The Morgan fingerprint density at radius 2 is 2.24 bits per heavy atom. The summed E-state index contributed by atoms with van der Waals surface area (Å²) < 4.78 is 23.5. The van der Waals surface area contributed by atoms with Crippen molar-refractivity contribution in [1.29, 1.82) is 0 Å². The normalized spacial score (nSPS) is 10.5. The molecule has 0 aliphatic heterocycles. The van der Waals surface area contributed by atoms with Crippen molar-refractivity contribution < 1.29 is 13.7 Å². The Labute approximate surface area is 98.2 Å². The number of rotatable bonds is 4. The van der Waals surface area contributed by atoms with Crippen molar-refractivity contribution in [2.45, 2.75) is 20.1 Å². The average Bonchev–Trinajstić information content (AvgIpc) is 2.79. The molecule has 17 heavy (non-hydrogen) atoms. The average molecular weight is 236 g/mol. The minimum atomic E-state index is -0.248. The molecule has 0 saturated heterocycles. The third-order valence-electron chi connectivity index (χ3n) is 2.33. The first-order valence-corrected chi connectivity index (χ1v) is 5.22. The Morgan fingerprint density at radius 3 is 2.88 bits per heavy atom. The number of hydrogen-bond acceptors (Lipinski definition) is 4. The first-order chi connectivity index (χ1) is 8.19. The van der Waals surface area contributed by atoms with Gasteiger partial charge in [-0.25, -0.2) is 4.39 Å². The monoisotopic (exact) mass is 236 g/mol. The van der Waals surface area contributed by atoms with Crippen LogP contribution in [0.2, 0.25) is 0 Å². The van der Waals surface area contributed by atoms with Crippen LogP contribution in [0.1, 0.15) is 17.0 Å². The van der Waals surface area contributed by atoms with E-state index in [4.69, 9.17) is 15.0 Å². The van der Waals surface area contributed by atoms with Gasteiger partial charge in [0.1, 0.15) is 18.2 Å². The number of aryl methyl sites for hydroxylation is 1. The minimum absolute atomic E-state index is 0.248. The van der Waals surface area contributed by atoms with Gasteiger partial charge in [0, 0.05) is 12.6 Å². The molecule has 4 nitrogen and oxygen atoms in total. The van der Waals surface area contributed by atoms with Crippen LogP contribution in [-0.2, 0) is 13.2 Å². The summed E-state index contributed by atoms with van der Waals surface area (Å²) in [5.74, 6) is 0.935. The Balaban J connectivity index is 1.99. The van der Waals surface area contributed by atoms with Gasteiger partial charge in [-0.2, -0.15) is 0 Å². The van der Waals surface area contributed by atoms with E-state index in [1.807, 2.05) is 0 Å². The summed E-state index contributed by atoms with van der Waals surface area (Å²) in [6.07, 6.45) is 0. The van der Waals surface area contributed by atoms with E-state index in [2.05, 4.69) is 5.16 Å². The van der Waals surface area contributed by atoms with Gasteiger partial charge in [0.25, 0.3) is 0 Å². The largest absolute Gasteiger partial charge is 0.486 e. The SMILES string of the molecule is Cc1cc(OCc2cc(CN)no2)ccc1F. The predicted molar refractivity (Wildman–Crippen MR) is 59.9 cm³/mol. The van der Waals surface area contributed by atoms with E-state index in [1.165, 1.54) is 6.07 Å². The van der Waals surface area contributed by atoms with E-state index in [0.717, 1.165) is 0 Å². The molecule has 5 heteroatoms. The van der Waals surface area contributed by atoms with Gasteiger partial charge in [0.2, 0.25) is 0 Å². The van der Waals surface area contributed by atoms with Crippen molar-refractivity contribution >= 4 is 0 Å². The number of benzene rings is 1. The van der Waals surface area contributed by atoms with Gasteiger partial charge in [0.05, 0.1) is 5.69 Å². The first-order valence-electron chi connectivity index (χ1n) is 5.22. The molecule has 0 spiro atoms. The molecule has 1 aromatic carbocycles. The Hall–Kier alpha value is -1.88. The zero-order valence-electron chi connectivity index (χ0n) is 9.44. The van der Waals surface area contributed by atoms with Crippen LogP contribution in [0.3, 0.4) is 0 Å². The lowest BCUT2D eigenvalue weighted by Gasteiger charge is -2.04. The summed E-state index contributed by atoms with van der Waals surface area (Å²) in [6.45, 7) is 2.26. The van der Waals surface area contributed by atoms with E-state index in [0.29, 0.717) is 29.3 Å². The molecule has 0 aliphatic rings. The summed E-state index contributed by atoms with van der Waals surface area (Å²) in [5, 5.41) is 3.74. The smallest absolute Gasteiger partial charge is 0.174 e. The van der Waals surface area contributed by atoms with Crippen LogP contribution in [0.4, 0.5) is 4.39 Å². The number of halogens is 1. The molecule has 2 N–H and O–H groups in total. The fourth-order valence-corrected chi connectivity index (χ4v) is 1.38. The summed E-state index contributed by atoms with van der Waals surface area (Å²) in [4.78, 5) is 0. The molecule has 0 fully saturated rings. The third-order valence-corrected chi connectivity index (χ3v) is 2.33. The highest BCUT2D eigenvalue weighted by Crippen LogP contribution is 2.17. The molecule has 0 unspecified atom stereocenters. The predicted octanol–water partition coefficient (Wildman–Crippen LogP) is 2.16. The van der Waals surface area contributed by atoms with E-state index in [1.54, 1.807) is 25.1 Å². The summed E-state index contributed by atoms with van der Waals surface area (Å²) in [6, 6.07) is 6.31. The molecule has 0 radical (unpaired) electrons. The second kappa shape index (κ2) is 4.97. The van der Waals surface area contributed by atoms with Crippen LogP contribution in [0.25, 0.3) is 0 Å². The van der Waals surface area contributed by atoms with Gasteiger partial charge < -0.3 is 15.0 Å². The van der Waals surface area contributed by atoms with Crippen molar-refractivity contribution in [3.8, 4) is 5.75 Å². The zero-order chi connectivity index (χ0) is 12.3. The second-order valence-corrected chi connectivity index (χ2v) is 3.69. The lowest BCUT2D eigenvalue weighted by molar-refractivity contribution is 0.248. The summed E-state index contributed by atoms with van der Waals surface area (Å²) in [7, 11) is 0. The number of aromatic nitrogens is 1. The fourth-order valence-electron chi connectivity index (χ4n) is 1.38. The van der Waals surface area contributed by atoms with Crippen LogP contribution in [0.5, 0.6) is 5.75 Å². The quantitative estimate of drug-likeness (QED) is 0.883. The number of nitrogens with zero attached hydrogens (tertiary/aromatic N) is 1. The maximum absolute atomic E-state index is 13.0. The zero-order valence-corrected chi connectivity index (χ0v) is 9.44. The van der Waals surface area contributed by atoms with Crippen molar-refractivity contribution in [1.82, 2.24) is 5.16 Å². The Morgan fingerprint density at radius 1 is 1.41 bits per heavy atom. The van der Waals surface area contributed by atoms with Crippen LogP contribution >= 0.6 is 0 Å². The van der Waals surface area contributed by atoms with Crippen LogP contribution < -0.4 is 10.5 Å². The van der Waals surface area contributed by atoms with Gasteiger partial charge in [-0.3, -0.25) is 0 Å². The van der Waals surface area contributed by atoms with Gasteiger partial charge in [-0.05, 0) is 30.7 Å². The van der Waals surface area contributed by atoms with Gasteiger partial charge in [-0.15, -0.1) is 0 Å². The van der Waals surface area contributed by atoms with Crippen LogP contribution in [-0.4, -0.2) is 5.16 Å². The maximum atomic E-state index is 13.0. The lowest BCUT2D eigenvalue weighted by Crippen LogP contribution is -1.96. The second-order valence-electron chi connectivity index (χ2n) is 3.69. The maximum Gasteiger partial charge on any atom is 0.174 e. The molecule has 0 atom stereocenters. The molecule has 0 saturated carbocycles. The van der Waals surface area contributed by atoms with Gasteiger partial charge in [-0.1, -0.05) is 5.16 Å². The number of nitrogens with two attached hydrogens (primary N) is 1. The van der Waals surface area contributed by atoms with Crippen LogP contribution in [0.15, 0.2) is 28.8 Å². The molecule has 1 aromatic heterocycles. The highest BCUT2D eigenvalue weighted by Gasteiger charge is 2.04. The molecule has 2 aromatic rings. The number of ether oxygens (including phenoxy) is 1. The standard InChI is InChI=1S/C12H13FN2O2/c1-8-4-10(2-3-12(8)13)16-7-11-5-9(6-14)15-17-11/h2-5H,6-7,14H2,1H3. The van der Waals surface area contributed by atoms with E-state index >= 15 is 0 Å². The van der Waals surface area contributed by atoms with Crippen molar-refractivity contribution in [3.63, 3.8) is 0 Å². The van der Waals surface area contributed by atoms with Crippen molar-refractivity contribution in [2.75, 3.05) is 0 Å². The molecule has 0 amide bonds. The fraction of sp³-hybridized carbons (Fsp3) is 0.250. The molecule has 0 aliphatic carbocycles. The molecule has 90 valence electrons. The Kier molecular flexibility index (Phi) is 3.39. The third kappa shape index (κ3) is 2.82. The summed E-state index contributed by atoms with van der Waals surface area (Å²) in [5.41, 5.74) is 6.63. The van der Waals surface area contributed by atoms with Crippen molar-refractivity contribution in [2.24, 2.45) is 5.73 Å². The highest BCUT2D eigenvalue weighted by atomic mass is 19.1. The van der Waals surface area contributed by atoms with E-state index in [9.17, 15) is 4.39 Å². The van der Waals surface area contributed by atoms with E-state index in [-0.39, 0.29) is 12.4 Å². The van der Waals surface area contributed by atoms with Crippen molar-refractivity contribution in [3.05, 3.63) is 47.1 Å². The van der Waals surface area contributed by atoms with Crippen LogP contribution in [0, 0.1) is 12.7 Å². The highest BCUT2D eigenvalue weighted by molar-refractivity contribution is 5.28. The van der Waals surface area contributed by atoms with Gasteiger partial charge in [0.15, 0.2) is 5.76 Å². The lowest BCUT2D eigenvalue weighted by atomic mass is 10.2. The molecule has 2 rings (SSSR count). The van der Waals surface area contributed by atoms with Gasteiger partial charge >= 0.3 is 0 Å². The topological polar surface area (TPSA) is 61.3 Å².